The summed E-state index contributed by atoms with van der Waals surface area (Å²) in [5.41, 5.74) is 0.952. The van der Waals surface area contributed by atoms with E-state index in [9.17, 15) is 0 Å². The molecule has 0 aromatic heterocycles. The van der Waals surface area contributed by atoms with Crippen LogP contribution in [0.25, 0.3) is 0 Å². The van der Waals surface area contributed by atoms with E-state index in [0.717, 1.165) is 17.3 Å². The smallest absolute Gasteiger partial charge is 0.0715 e. The number of nitrogens with one attached hydrogen (secondary N) is 1. The highest BCUT2D eigenvalue weighted by Gasteiger charge is 2.00. The summed E-state index contributed by atoms with van der Waals surface area (Å²) in [6, 6.07) is 7.67. The lowest BCUT2D eigenvalue weighted by Gasteiger charge is -2.12. The molecule has 0 heterocycles. The molecule has 0 saturated carbocycles. The Morgan fingerprint density at radius 1 is 1.46 bits per heavy atom. The normalized spacial score (nSPS) is 12.5. The lowest BCUT2D eigenvalue weighted by Crippen LogP contribution is -2.18. The SMILES string of the molecule is COC(C)CNc1ccccc1Cl. The van der Waals surface area contributed by atoms with E-state index in [2.05, 4.69) is 5.32 Å². The van der Waals surface area contributed by atoms with Crippen molar-refractivity contribution in [2.24, 2.45) is 0 Å². The molecule has 0 spiro atoms. The number of para-hydroxylation sites is 1. The van der Waals surface area contributed by atoms with Gasteiger partial charge in [0.25, 0.3) is 0 Å². The summed E-state index contributed by atoms with van der Waals surface area (Å²) >= 11 is 5.95. The van der Waals surface area contributed by atoms with Crippen LogP contribution in [0.4, 0.5) is 5.69 Å². The summed E-state index contributed by atoms with van der Waals surface area (Å²) in [5, 5.41) is 3.95. The average molecular weight is 200 g/mol. The molecule has 0 aliphatic heterocycles. The van der Waals surface area contributed by atoms with Crippen LogP contribution in [0.1, 0.15) is 6.92 Å². The first kappa shape index (κ1) is 10.4. The van der Waals surface area contributed by atoms with Crippen molar-refractivity contribution in [3.8, 4) is 0 Å². The van der Waals surface area contributed by atoms with E-state index in [4.69, 9.17) is 16.3 Å². The van der Waals surface area contributed by atoms with Crippen molar-refractivity contribution in [3.05, 3.63) is 29.3 Å². The number of halogens is 1. The summed E-state index contributed by atoms with van der Waals surface area (Å²) in [4.78, 5) is 0. The Hall–Kier alpha value is -0.730. The van der Waals surface area contributed by atoms with Crippen molar-refractivity contribution >= 4 is 17.3 Å². The largest absolute Gasteiger partial charge is 0.381 e. The first-order valence-electron chi connectivity index (χ1n) is 4.25. The molecular weight excluding hydrogens is 186 g/mol. The minimum absolute atomic E-state index is 0.191. The highest BCUT2D eigenvalue weighted by Crippen LogP contribution is 2.20. The maximum atomic E-state index is 5.95. The summed E-state index contributed by atoms with van der Waals surface area (Å²) in [7, 11) is 1.69. The van der Waals surface area contributed by atoms with Crippen LogP contribution >= 0.6 is 11.6 Å². The van der Waals surface area contributed by atoms with Crippen LogP contribution in [0.15, 0.2) is 24.3 Å². The molecule has 2 nitrogen and oxygen atoms in total. The van der Waals surface area contributed by atoms with Crippen LogP contribution < -0.4 is 5.32 Å². The molecule has 1 unspecified atom stereocenters. The molecular formula is C10H14ClNO. The first-order chi connectivity index (χ1) is 6.24. The molecule has 1 aromatic rings. The van der Waals surface area contributed by atoms with Gasteiger partial charge in [0.2, 0.25) is 0 Å². The van der Waals surface area contributed by atoms with E-state index in [1.54, 1.807) is 7.11 Å². The van der Waals surface area contributed by atoms with E-state index in [-0.39, 0.29) is 6.10 Å². The Kier molecular flexibility index (Phi) is 4.06. The Bertz CT molecular complexity index is 265. The van der Waals surface area contributed by atoms with E-state index < -0.39 is 0 Å². The van der Waals surface area contributed by atoms with Crippen molar-refractivity contribution in [3.63, 3.8) is 0 Å². The fourth-order valence-corrected chi connectivity index (χ4v) is 1.14. The number of hydrogen-bond acceptors (Lipinski definition) is 2. The summed E-state index contributed by atoms with van der Waals surface area (Å²) < 4.78 is 5.11. The summed E-state index contributed by atoms with van der Waals surface area (Å²) in [5.74, 6) is 0. The number of rotatable bonds is 4. The topological polar surface area (TPSA) is 21.3 Å². The number of hydrogen-bond donors (Lipinski definition) is 1. The van der Waals surface area contributed by atoms with Gasteiger partial charge >= 0.3 is 0 Å². The predicted molar refractivity (Wildman–Crippen MR) is 56.4 cm³/mol. The molecule has 13 heavy (non-hydrogen) atoms. The number of ether oxygens (including phenoxy) is 1. The Balaban J connectivity index is 2.50. The Morgan fingerprint density at radius 2 is 2.15 bits per heavy atom. The molecule has 1 rings (SSSR count). The van der Waals surface area contributed by atoms with Gasteiger partial charge in [-0.2, -0.15) is 0 Å². The first-order valence-corrected chi connectivity index (χ1v) is 4.63. The van der Waals surface area contributed by atoms with Gasteiger partial charge in [-0.15, -0.1) is 0 Å². The second-order valence-electron chi connectivity index (χ2n) is 2.91. The van der Waals surface area contributed by atoms with Gasteiger partial charge in [-0.1, -0.05) is 23.7 Å². The fraction of sp³-hybridized carbons (Fsp3) is 0.400. The average Bonchev–Trinajstić information content (AvgIpc) is 2.16. The molecule has 0 bridgehead atoms. The lowest BCUT2D eigenvalue weighted by molar-refractivity contribution is 0.129. The van der Waals surface area contributed by atoms with Crippen LogP contribution in [0.5, 0.6) is 0 Å². The quantitative estimate of drug-likeness (QED) is 0.805. The van der Waals surface area contributed by atoms with Gasteiger partial charge in [0.15, 0.2) is 0 Å². The van der Waals surface area contributed by atoms with Gasteiger partial charge in [-0.25, -0.2) is 0 Å². The molecule has 0 amide bonds. The minimum atomic E-state index is 0.191. The fourth-order valence-electron chi connectivity index (χ4n) is 0.942. The second-order valence-corrected chi connectivity index (χ2v) is 3.31. The standard InChI is InChI=1S/C10H14ClNO/c1-8(13-2)7-12-10-6-4-3-5-9(10)11/h3-6,8,12H,7H2,1-2H3. The molecule has 0 aliphatic rings. The van der Waals surface area contributed by atoms with E-state index in [0.29, 0.717) is 0 Å². The summed E-state index contributed by atoms with van der Waals surface area (Å²) in [6.07, 6.45) is 0.191. The van der Waals surface area contributed by atoms with Crippen LogP contribution in [-0.2, 0) is 4.74 Å². The van der Waals surface area contributed by atoms with Crippen LogP contribution in [0, 0.1) is 0 Å². The third kappa shape index (κ3) is 3.25. The number of benzene rings is 1. The Labute approximate surface area is 83.9 Å². The maximum absolute atomic E-state index is 5.95. The van der Waals surface area contributed by atoms with Gasteiger partial charge in [0.05, 0.1) is 16.8 Å². The molecule has 0 aliphatic carbocycles. The summed E-state index contributed by atoms with van der Waals surface area (Å²) in [6.45, 7) is 2.77. The Morgan fingerprint density at radius 3 is 2.77 bits per heavy atom. The van der Waals surface area contributed by atoms with Crippen molar-refractivity contribution in [2.45, 2.75) is 13.0 Å². The zero-order valence-corrected chi connectivity index (χ0v) is 8.64. The van der Waals surface area contributed by atoms with Crippen molar-refractivity contribution in [1.29, 1.82) is 0 Å². The van der Waals surface area contributed by atoms with Gasteiger partial charge in [-0.05, 0) is 19.1 Å². The number of methoxy groups -OCH3 is 1. The molecule has 1 aromatic carbocycles. The van der Waals surface area contributed by atoms with Crippen molar-refractivity contribution in [1.82, 2.24) is 0 Å². The van der Waals surface area contributed by atoms with Gasteiger partial charge in [0, 0.05) is 13.7 Å². The second kappa shape index (κ2) is 5.10. The monoisotopic (exact) mass is 199 g/mol. The zero-order valence-electron chi connectivity index (χ0n) is 7.88. The van der Waals surface area contributed by atoms with Crippen LogP contribution in [0.3, 0.4) is 0 Å². The minimum Gasteiger partial charge on any atom is -0.381 e. The highest BCUT2D eigenvalue weighted by atomic mass is 35.5. The molecule has 0 fully saturated rings. The van der Waals surface area contributed by atoms with Crippen LogP contribution in [0.2, 0.25) is 5.02 Å². The molecule has 1 atom stereocenters. The molecule has 0 saturated heterocycles. The lowest BCUT2D eigenvalue weighted by atomic mass is 10.3. The molecule has 1 N–H and O–H groups in total. The van der Waals surface area contributed by atoms with E-state index in [1.165, 1.54) is 0 Å². The van der Waals surface area contributed by atoms with Gasteiger partial charge in [-0.3, -0.25) is 0 Å². The molecule has 72 valence electrons. The van der Waals surface area contributed by atoms with Crippen molar-refractivity contribution in [2.75, 3.05) is 19.0 Å². The van der Waals surface area contributed by atoms with Crippen LogP contribution in [-0.4, -0.2) is 19.8 Å². The molecule has 3 heteroatoms. The number of anilines is 1. The zero-order chi connectivity index (χ0) is 9.68. The highest BCUT2D eigenvalue weighted by molar-refractivity contribution is 6.33. The molecule has 0 radical (unpaired) electrons. The van der Waals surface area contributed by atoms with E-state index >= 15 is 0 Å². The maximum Gasteiger partial charge on any atom is 0.0715 e. The van der Waals surface area contributed by atoms with Gasteiger partial charge in [0.1, 0.15) is 0 Å². The third-order valence-electron chi connectivity index (χ3n) is 1.86. The van der Waals surface area contributed by atoms with Crippen molar-refractivity contribution < 1.29 is 4.74 Å². The van der Waals surface area contributed by atoms with E-state index in [1.807, 2.05) is 31.2 Å². The third-order valence-corrected chi connectivity index (χ3v) is 2.19. The predicted octanol–water partition coefficient (Wildman–Crippen LogP) is 2.79. The van der Waals surface area contributed by atoms with Gasteiger partial charge < -0.3 is 10.1 Å².